The Labute approximate surface area is 245 Å². The molecular weight excluding hydrogens is 542 g/mol. The van der Waals surface area contributed by atoms with Crippen molar-refractivity contribution in [3.63, 3.8) is 0 Å². The van der Waals surface area contributed by atoms with E-state index in [0.29, 0.717) is 29.2 Å². The second-order valence-corrected chi connectivity index (χ2v) is 11.6. The number of para-hydroxylation sites is 2. The van der Waals surface area contributed by atoms with Crippen LogP contribution in [-0.4, -0.2) is 71.2 Å². The minimum absolute atomic E-state index is 0.0625. The Morgan fingerprint density at radius 1 is 1.07 bits per heavy atom. The van der Waals surface area contributed by atoms with Crippen LogP contribution in [0.4, 0.5) is 11.4 Å². The molecule has 3 aliphatic heterocycles. The number of likely N-dealkylation sites (tertiary alicyclic amines) is 1. The summed E-state index contributed by atoms with van der Waals surface area (Å²) in [7, 11) is 0. The fourth-order valence-corrected chi connectivity index (χ4v) is 7.51. The normalized spacial score (nSPS) is 28.0. The van der Waals surface area contributed by atoms with Crippen LogP contribution in [0.15, 0.2) is 73.8 Å². The van der Waals surface area contributed by atoms with E-state index in [9.17, 15) is 19.5 Å². The molecule has 3 amide bonds. The third kappa shape index (κ3) is 4.49. The van der Waals surface area contributed by atoms with Gasteiger partial charge in [0.25, 0.3) is 5.91 Å². The lowest BCUT2D eigenvalue weighted by molar-refractivity contribution is -0.145. The van der Waals surface area contributed by atoms with E-state index in [1.165, 1.54) is 9.80 Å². The van der Waals surface area contributed by atoms with Gasteiger partial charge in [-0.2, -0.15) is 0 Å². The molecule has 2 aromatic carbocycles. The first-order valence-corrected chi connectivity index (χ1v) is 14.3. The van der Waals surface area contributed by atoms with E-state index in [4.69, 9.17) is 16.3 Å². The van der Waals surface area contributed by atoms with Crippen molar-refractivity contribution in [1.82, 2.24) is 4.90 Å². The maximum Gasteiger partial charge on any atom is 0.253 e. The van der Waals surface area contributed by atoms with Gasteiger partial charge in [0.05, 0.1) is 34.8 Å². The zero-order chi connectivity index (χ0) is 29.5. The van der Waals surface area contributed by atoms with Gasteiger partial charge in [0, 0.05) is 25.3 Å². The quantitative estimate of drug-likeness (QED) is 0.429. The zero-order valence-corrected chi connectivity index (χ0v) is 24.2. The number of rotatable bonds is 10. The second kappa shape index (κ2) is 11.1. The van der Waals surface area contributed by atoms with E-state index < -0.39 is 29.1 Å². The highest BCUT2D eigenvalue weighted by molar-refractivity contribution is 6.34. The van der Waals surface area contributed by atoms with Crippen LogP contribution in [0, 0.1) is 18.8 Å². The molecule has 3 heterocycles. The average molecular weight is 578 g/mol. The number of nitrogens with zero attached hydrogens (tertiary/aromatic N) is 3. The monoisotopic (exact) mass is 577 g/mol. The van der Waals surface area contributed by atoms with Crippen LogP contribution in [0.25, 0.3) is 0 Å². The number of benzene rings is 2. The molecule has 0 aliphatic carbocycles. The van der Waals surface area contributed by atoms with Crippen molar-refractivity contribution in [3.05, 3.63) is 84.4 Å². The average Bonchev–Trinajstić information content (AvgIpc) is 3.52. The van der Waals surface area contributed by atoms with Crippen molar-refractivity contribution >= 4 is 40.7 Å². The van der Waals surface area contributed by atoms with E-state index in [2.05, 4.69) is 13.2 Å². The minimum atomic E-state index is -1.23. The molecule has 5 rings (SSSR count). The summed E-state index contributed by atoms with van der Waals surface area (Å²) in [6.45, 7) is 11.4. The first-order valence-electron chi connectivity index (χ1n) is 13.9. The number of aliphatic hydroxyl groups excluding tert-OH is 1. The Kier molecular flexibility index (Phi) is 7.85. The van der Waals surface area contributed by atoms with Crippen molar-refractivity contribution in [2.75, 3.05) is 36.0 Å². The van der Waals surface area contributed by atoms with Crippen molar-refractivity contribution in [1.29, 1.82) is 0 Å². The van der Waals surface area contributed by atoms with E-state index in [-0.39, 0.29) is 44.0 Å². The number of fused-ring (bicyclic) bond motifs is 1. The zero-order valence-electron chi connectivity index (χ0n) is 23.5. The number of carbonyl (C=O) groups excluding carboxylic acids is 3. The van der Waals surface area contributed by atoms with Crippen LogP contribution in [-0.2, 0) is 19.1 Å². The predicted molar refractivity (Wildman–Crippen MR) is 159 cm³/mol. The molecule has 2 bridgehead atoms. The lowest BCUT2D eigenvalue weighted by Gasteiger charge is -2.37. The summed E-state index contributed by atoms with van der Waals surface area (Å²) in [6.07, 6.45) is 4.19. The highest BCUT2D eigenvalue weighted by Gasteiger charge is 2.78. The molecular formula is C32H36ClN3O5. The van der Waals surface area contributed by atoms with E-state index >= 15 is 0 Å². The highest BCUT2D eigenvalue weighted by atomic mass is 35.5. The summed E-state index contributed by atoms with van der Waals surface area (Å²) in [4.78, 5) is 47.7. The smallest absolute Gasteiger partial charge is 0.253 e. The number of aryl methyl sites for hydroxylation is 1. The molecule has 2 aromatic rings. The Balaban J connectivity index is 1.60. The third-order valence-corrected chi connectivity index (χ3v) is 9.10. The first kappa shape index (κ1) is 29.0. The van der Waals surface area contributed by atoms with Gasteiger partial charge in [0.2, 0.25) is 11.8 Å². The number of ether oxygens (including phenoxy) is 1. The van der Waals surface area contributed by atoms with Gasteiger partial charge in [-0.3, -0.25) is 14.4 Å². The molecule has 1 N–H and O–H groups in total. The molecule has 216 valence electrons. The van der Waals surface area contributed by atoms with Gasteiger partial charge in [0.1, 0.15) is 11.6 Å². The summed E-state index contributed by atoms with van der Waals surface area (Å²) >= 11 is 6.60. The van der Waals surface area contributed by atoms with Crippen LogP contribution in [0.2, 0.25) is 5.02 Å². The van der Waals surface area contributed by atoms with Gasteiger partial charge >= 0.3 is 0 Å². The molecule has 3 aliphatic rings. The maximum absolute atomic E-state index is 14.6. The SMILES string of the molecule is C=CCN(C(=O)[C@@H]1[C@H]2C(=O)N(CCO)C(C(=O)N(CC=C)c3c(C)cccc3Cl)C23CC[C@@]1(C)O3)c1ccccc1. The standard InChI is InChI=1S/C32H36ClN3O5/c1-5-17-34(22-12-8-7-9-13-22)28(38)24-25-29(39)36(19-20-37)27(32(25)16-15-31(24,4)41-32)30(40)35(18-6-2)26-21(3)11-10-14-23(26)33/h5-14,24-25,27,37H,1-2,15-20H2,3-4H3/t24-,25-,27?,31+,32?/m0/s1. The van der Waals surface area contributed by atoms with Gasteiger partial charge in [0.15, 0.2) is 0 Å². The molecule has 0 saturated carbocycles. The molecule has 8 nitrogen and oxygen atoms in total. The van der Waals surface area contributed by atoms with Crippen LogP contribution < -0.4 is 9.80 Å². The van der Waals surface area contributed by atoms with Gasteiger partial charge in [-0.05, 0) is 50.5 Å². The number of carbonyl (C=O) groups is 3. The van der Waals surface area contributed by atoms with Gasteiger partial charge < -0.3 is 24.5 Å². The fraction of sp³-hybridized carbons (Fsp3) is 0.406. The predicted octanol–water partition coefficient (Wildman–Crippen LogP) is 4.14. The van der Waals surface area contributed by atoms with Crippen molar-refractivity contribution in [2.45, 2.75) is 43.9 Å². The second-order valence-electron chi connectivity index (χ2n) is 11.2. The van der Waals surface area contributed by atoms with Crippen molar-refractivity contribution in [2.24, 2.45) is 11.8 Å². The minimum Gasteiger partial charge on any atom is -0.395 e. The molecule has 0 radical (unpaired) electrons. The van der Waals surface area contributed by atoms with Crippen molar-refractivity contribution in [3.8, 4) is 0 Å². The van der Waals surface area contributed by atoms with Gasteiger partial charge in [-0.1, -0.05) is 54.1 Å². The lowest BCUT2D eigenvalue weighted by atomic mass is 9.66. The van der Waals surface area contributed by atoms with Crippen LogP contribution in [0.3, 0.4) is 0 Å². The largest absolute Gasteiger partial charge is 0.395 e. The molecule has 2 unspecified atom stereocenters. The summed E-state index contributed by atoms with van der Waals surface area (Å²) in [5.74, 6) is -2.70. The van der Waals surface area contributed by atoms with Crippen LogP contribution >= 0.6 is 11.6 Å². The number of β-amino-alcohol motifs (C(OH)–C–C–N with tert-alkyl or cyclic N) is 1. The Morgan fingerprint density at radius 3 is 2.39 bits per heavy atom. The number of halogens is 1. The maximum atomic E-state index is 14.6. The highest BCUT2D eigenvalue weighted by Crippen LogP contribution is 2.63. The third-order valence-electron chi connectivity index (χ3n) is 8.80. The fourth-order valence-electron chi connectivity index (χ4n) is 7.19. The molecule has 3 saturated heterocycles. The number of anilines is 2. The molecule has 0 aromatic heterocycles. The van der Waals surface area contributed by atoms with Crippen molar-refractivity contribution < 1.29 is 24.2 Å². The lowest BCUT2D eigenvalue weighted by Crippen LogP contribution is -2.57. The van der Waals surface area contributed by atoms with E-state index in [0.717, 1.165) is 5.56 Å². The molecule has 41 heavy (non-hydrogen) atoms. The Hall–Kier alpha value is -3.46. The van der Waals surface area contributed by atoms with Crippen LogP contribution in [0.1, 0.15) is 25.3 Å². The van der Waals surface area contributed by atoms with E-state index in [1.807, 2.05) is 56.3 Å². The summed E-state index contributed by atoms with van der Waals surface area (Å²) in [5.41, 5.74) is -0.167. The van der Waals surface area contributed by atoms with Gasteiger partial charge in [-0.15, -0.1) is 13.2 Å². The summed E-state index contributed by atoms with van der Waals surface area (Å²) in [5, 5.41) is 10.4. The molecule has 3 fully saturated rings. The number of amides is 3. The Morgan fingerprint density at radius 2 is 1.76 bits per heavy atom. The number of aliphatic hydroxyl groups is 1. The molecule has 9 heteroatoms. The summed E-state index contributed by atoms with van der Waals surface area (Å²) in [6, 6.07) is 13.6. The van der Waals surface area contributed by atoms with Crippen LogP contribution in [0.5, 0.6) is 0 Å². The van der Waals surface area contributed by atoms with Gasteiger partial charge in [-0.25, -0.2) is 0 Å². The Bertz CT molecular complexity index is 1360. The molecule has 5 atom stereocenters. The van der Waals surface area contributed by atoms with E-state index in [1.54, 1.807) is 23.1 Å². The molecule has 1 spiro atoms. The number of hydrogen-bond donors (Lipinski definition) is 1. The number of hydrogen-bond acceptors (Lipinski definition) is 5. The first-order chi connectivity index (χ1) is 19.6. The topological polar surface area (TPSA) is 90.4 Å². The summed E-state index contributed by atoms with van der Waals surface area (Å²) < 4.78 is 6.75.